The Bertz CT molecular complexity index is 590. The van der Waals surface area contributed by atoms with Gasteiger partial charge in [-0.05, 0) is 42.0 Å². The van der Waals surface area contributed by atoms with Gasteiger partial charge in [0.1, 0.15) is 5.75 Å². The van der Waals surface area contributed by atoms with Gasteiger partial charge in [0.15, 0.2) is 0 Å². The molecule has 19 heavy (non-hydrogen) atoms. The molecule has 0 saturated carbocycles. The quantitative estimate of drug-likeness (QED) is 0.790. The van der Waals surface area contributed by atoms with Crippen LogP contribution in [-0.2, 0) is 6.54 Å². The number of hydrogen-bond acceptors (Lipinski definition) is 2. The number of nitrogens with one attached hydrogen (secondary N) is 1. The smallest absolute Gasteiger partial charge is 0.119 e. The number of methoxy groups -OCH3 is 1. The zero-order valence-corrected chi connectivity index (χ0v) is 13.3. The van der Waals surface area contributed by atoms with Gasteiger partial charge in [-0.1, -0.05) is 39.1 Å². The van der Waals surface area contributed by atoms with Gasteiger partial charge >= 0.3 is 0 Å². The van der Waals surface area contributed by atoms with Gasteiger partial charge in [-0.2, -0.15) is 0 Å². The number of hydrogen-bond donors (Lipinski definition) is 1. The summed E-state index contributed by atoms with van der Waals surface area (Å²) in [5.74, 6) is 0.828. The van der Waals surface area contributed by atoms with Crippen molar-refractivity contribution in [3.05, 3.63) is 56.5 Å². The maximum Gasteiger partial charge on any atom is 0.119 e. The topological polar surface area (TPSA) is 21.3 Å². The molecule has 0 unspecified atom stereocenters. The van der Waals surface area contributed by atoms with Gasteiger partial charge in [0.25, 0.3) is 0 Å². The summed E-state index contributed by atoms with van der Waals surface area (Å²) in [5.41, 5.74) is 2.02. The second-order valence-corrected chi connectivity index (χ2v) is 5.61. The van der Waals surface area contributed by atoms with E-state index in [9.17, 15) is 0 Å². The largest absolute Gasteiger partial charge is 0.497 e. The first-order valence-electron chi connectivity index (χ1n) is 5.61. The summed E-state index contributed by atoms with van der Waals surface area (Å²) in [6, 6.07) is 11.3. The first kappa shape index (κ1) is 14.5. The van der Waals surface area contributed by atoms with Crippen molar-refractivity contribution in [3.63, 3.8) is 0 Å². The van der Waals surface area contributed by atoms with Crippen molar-refractivity contribution in [2.45, 2.75) is 6.54 Å². The van der Waals surface area contributed by atoms with E-state index in [4.69, 9.17) is 27.9 Å². The van der Waals surface area contributed by atoms with Crippen molar-refractivity contribution in [2.75, 3.05) is 12.4 Å². The normalized spacial score (nSPS) is 10.3. The molecule has 100 valence electrons. The predicted octanol–water partition coefficient (Wildman–Crippen LogP) is 5.38. The SMILES string of the molecule is COc1ccc(Br)c(CNc2ccc(Cl)c(Cl)c2)c1. The second-order valence-electron chi connectivity index (χ2n) is 3.94. The lowest BCUT2D eigenvalue weighted by molar-refractivity contribution is 0.414. The average Bonchev–Trinajstić information content (AvgIpc) is 2.41. The molecule has 5 heteroatoms. The van der Waals surface area contributed by atoms with Gasteiger partial charge in [-0.15, -0.1) is 0 Å². The van der Waals surface area contributed by atoms with Crippen LogP contribution in [0.15, 0.2) is 40.9 Å². The summed E-state index contributed by atoms with van der Waals surface area (Å²) in [6.45, 7) is 0.662. The molecule has 0 aliphatic rings. The van der Waals surface area contributed by atoms with Crippen LogP contribution in [0.1, 0.15) is 5.56 Å². The first-order valence-corrected chi connectivity index (χ1v) is 7.16. The molecule has 0 bridgehead atoms. The zero-order chi connectivity index (χ0) is 13.8. The van der Waals surface area contributed by atoms with Crippen molar-refractivity contribution < 1.29 is 4.74 Å². The molecule has 0 aromatic heterocycles. The van der Waals surface area contributed by atoms with Crippen LogP contribution in [-0.4, -0.2) is 7.11 Å². The molecule has 0 amide bonds. The van der Waals surface area contributed by atoms with Crippen molar-refractivity contribution in [2.24, 2.45) is 0 Å². The molecule has 0 aliphatic carbocycles. The summed E-state index contributed by atoms with van der Waals surface area (Å²) in [7, 11) is 1.65. The lowest BCUT2D eigenvalue weighted by Gasteiger charge is -2.10. The van der Waals surface area contributed by atoms with Crippen LogP contribution in [0.3, 0.4) is 0 Å². The van der Waals surface area contributed by atoms with E-state index < -0.39 is 0 Å². The maximum absolute atomic E-state index is 5.97. The molecule has 2 aromatic carbocycles. The fourth-order valence-corrected chi connectivity index (χ4v) is 2.30. The Labute approximate surface area is 130 Å². The molecule has 0 aliphatic heterocycles. The van der Waals surface area contributed by atoms with Crippen LogP contribution in [0, 0.1) is 0 Å². The highest BCUT2D eigenvalue weighted by atomic mass is 79.9. The highest BCUT2D eigenvalue weighted by molar-refractivity contribution is 9.10. The third-order valence-corrected chi connectivity index (χ3v) is 4.17. The molecular weight excluding hydrogens is 349 g/mol. The molecule has 0 fully saturated rings. The number of ether oxygens (including phenoxy) is 1. The number of anilines is 1. The lowest BCUT2D eigenvalue weighted by atomic mass is 10.2. The second kappa shape index (κ2) is 6.51. The van der Waals surface area contributed by atoms with Gasteiger partial charge < -0.3 is 10.1 Å². The van der Waals surface area contributed by atoms with Crippen LogP contribution in [0.5, 0.6) is 5.75 Å². The van der Waals surface area contributed by atoms with Crippen LogP contribution in [0.25, 0.3) is 0 Å². The van der Waals surface area contributed by atoms with Gasteiger partial charge in [0, 0.05) is 16.7 Å². The highest BCUT2D eigenvalue weighted by Crippen LogP contribution is 2.27. The summed E-state index contributed by atoms with van der Waals surface area (Å²) in [6.07, 6.45) is 0. The van der Waals surface area contributed by atoms with Crippen molar-refractivity contribution in [1.82, 2.24) is 0 Å². The lowest BCUT2D eigenvalue weighted by Crippen LogP contribution is -2.00. The highest BCUT2D eigenvalue weighted by Gasteiger charge is 2.03. The van der Waals surface area contributed by atoms with E-state index in [0.29, 0.717) is 16.6 Å². The first-order chi connectivity index (χ1) is 9.10. The Balaban J connectivity index is 2.11. The fraction of sp³-hybridized carbons (Fsp3) is 0.143. The Morgan fingerprint density at radius 3 is 2.58 bits per heavy atom. The summed E-state index contributed by atoms with van der Waals surface area (Å²) in [4.78, 5) is 0. The van der Waals surface area contributed by atoms with Crippen LogP contribution >= 0.6 is 39.1 Å². The average molecular weight is 361 g/mol. The molecule has 0 spiro atoms. The maximum atomic E-state index is 5.97. The number of benzene rings is 2. The zero-order valence-electron chi connectivity index (χ0n) is 10.2. The Morgan fingerprint density at radius 1 is 1.11 bits per heavy atom. The Morgan fingerprint density at radius 2 is 1.89 bits per heavy atom. The molecule has 1 N–H and O–H groups in total. The molecule has 0 atom stereocenters. The molecule has 2 aromatic rings. The molecule has 2 rings (SSSR count). The molecule has 0 heterocycles. The molecule has 0 radical (unpaired) electrons. The van der Waals surface area contributed by atoms with Gasteiger partial charge in [-0.3, -0.25) is 0 Å². The van der Waals surface area contributed by atoms with E-state index in [1.807, 2.05) is 24.3 Å². The van der Waals surface area contributed by atoms with Gasteiger partial charge in [-0.25, -0.2) is 0 Å². The number of halogens is 3. The van der Waals surface area contributed by atoms with E-state index in [-0.39, 0.29) is 0 Å². The molecule has 2 nitrogen and oxygen atoms in total. The van der Waals surface area contributed by atoms with Gasteiger partial charge in [0.2, 0.25) is 0 Å². The van der Waals surface area contributed by atoms with Crippen LogP contribution in [0.2, 0.25) is 10.0 Å². The number of rotatable bonds is 4. The van der Waals surface area contributed by atoms with Crippen molar-refractivity contribution in [1.29, 1.82) is 0 Å². The summed E-state index contributed by atoms with van der Waals surface area (Å²) >= 11 is 15.4. The summed E-state index contributed by atoms with van der Waals surface area (Å²) in [5, 5.41) is 4.38. The third-order valence-electron chi connectivity index (χ3n) is 2.66. The minimum Gasteiger partial charge on any atom is -0.497 e. The van der Waals surface area contributed by atoms with Crippen molar-refractivity contribution >= 4 is 44.8 Å². The minimum absolute atomic E-state index is 0.538. The van der Waals surface area contributed by atoms with E-state index in [1.165, 1.54) is 0 Å². The summed E-state index contributed by atoms with van der Waals surface area (Å²) < 4.78 is 6.24. The van der Waals surface area contributed by atoms with E-state index >= 15 is 0 Å². The monoisotopic (exact) mass is 359 g/mol. The molecular formula is C14H12BrCl2NO. The minimum atomic E-state index is 0.538. The Kier molecular flexibility index (Phi) is 4.97. The standard InChI is InChI=1S/C14H12BrCl2NO/c1-19-11-3-4-12(15)9(6-11)8-18-10-2-5-13(16)14(17)7-10/h2-7,18H,8H2,1H3. The fourth-order valence-electron chi connectivity index (χ4n) is 1.62. The van der Waals surface area contributed by atoms with Gasteiger partial charge in [0.05, 0.1) is 17.2 Å². The van der Waals surface area contributed by atoms with Crippen LogP contribution < -0.4 is 10.1 Å². The van der Waals surface area contributed by atoms with Crippen LogP contribution in [0.4, 0.5) is 5.69 Å². The van der Waals surface area contributed by atoms with E-state index in [2.05, 4.69) is 21.2 Å². The molecule has 0 saturated heterocycles. The van der Waals surface area contributed by atoms with E-state index in [1.54, 1.807) is 19.2 Å². The predicted molar refractivity (Wildman–Crippen MR) is 84.5 cm³/mol. The van der Waals surface area contributed by atoms with E-state index in [0.717, 1.165) is 21.5 Å². The Hall–Kier alpha value is -0.900. The third kappa shape index (κ3) is 3.78. The van der Waals surface area contributed by atoms with Crippen molar-refractivity contribution in [3.8, 4) is 5.75 Å².